The zero-order chi connectivity index (χ0) is 13.2. The van der Waals surface area contributed by atoms with Crippen molar-refractivity contribution in [2.75, 3.05) is 13.1 Å². The molecule has 2 rings (SSSR count). The van der Waals surface area contributed by atoms with Gasteiger partial charge in [-0.1, -0.05) is 6.92 Å². The summed E-state index contributed by atoms with van der Waals surface area (Å²) < 4.78 is 1.13. The topological polar surface area (TPSA) is 40.5 Å². The second-order valence-corrected chi connectivity index (χ2v) is 7.51. The van der Waals surface area contributed by atoms with Crippen molar-refractivity contribution in [2.24, 2.45) is 5.41 Å². The van der Waals surface area contributed by atoms with Gasteiger partial charge in [0.15, 0.2) is 0 Å². The highest BCUT2D eigenvalue weighted by Crippen LogP contribution is 2.35. The second-order valence-electron chi connectivity index (χ2n) is 4.96. The van der Waals surface area contributed by atoms with Crippen LogP contribution in [0.5, 0.6) is 0 Å². The number of carboxylic acids is 1. The molecular weight excluding hydrogens is 314 g/mol. The number of hydrogen-bond acceptors (Lipinski definition) is 3. The minimum Gasteiger partial charge on any atom is -0.481 e. The van der Waals surface area contributed by atoms with Crippen LogP contribution in [0.1, 0.15) is 31.1 Å². The Hall–Kier alpha value is -0.390. The molecule has 0 amide bonds. The van der Waals surface area contributed by atoms with Gasteiger partial charge in [0.1, 0.15) is 0 Å². The van der Waals surface area contributed by atoms with Crippen molar-refractivity contribution in [1.29, 1.82) is 0 Å². The fraction of sp³-hybridized carbons (Fsp3) is 0.615. The fourth-order valence-corrected chi connectivity index (χ4v) is 4.16. The van der Waals surface area contributed by atoms with Gasteiger partial charge in [0, 0.05) is 18.0 Å². The van der Waals surface area contributed by atoms with E-state index in [4.69, 9.17) is 0 Å². The molecule has 1 aromatic rings. The Morgan fingerprint density at radius 1 is 1.61 bits per heavy atom. The van der Waals surface area contributed by atoms with Gasteiger partial charge in [-0.05, 0) is 53.9 Å². The Labute approximate surface area is 120 Å². The molecule has 0 spiro atoms. The molecule has 1 unspecified atom stereocenters. The number of halogens is 1. The van der Waals surface area contributed by atoms with Crippen LogP contribution in [0.2, 0.25) is 0 Å². The largest absolute Gasteiger partial charge is 0.481 e. The maximum Gasteiger partial charge on any atom is 0.310 e. The van der Waals surface area contributed by atoms with E-state index in [9.17, 15) is 9.90 Å². The van der Waals surface area contributed by atoms with Crippen LogP contribution in [0.15, 0.2) is 15.9 Å². The Balaban J connectivity index is 2.04. The van der Waals surface area contributed by atoms with Crippen LogP contribution < -0.4 is 0 Å². The molecular formula is C13H18BrNO2S. The smallest absolute Gasteiger partial charge is 0.310 e. The highest BCUT2D eigenvalue weighted by molar-refractivity contribution is 9.11. The van der Waals surface area contributed by atoms with Crippen molar-refractivity contribution in [2.45, 2.75) is 32.7 Å². The Morgan fingerprint density at radius 3 is 2.94 bits per heavy atom. The SMILES string of the molecule is CCC1(C(=O)O)CCCN(Cc2ccc(Br)s2)C1. The summed E-state index contributed by atoms with van der Waals surface area (Å²) in [6, 6.07) is 4.16. The van der Waals surface area contributed by atoms with E-state index < -0.39 is 11.4 Å². The van der Waals surface area contributed by atoms with Gasteiger partial charge in [-0.3, -0.25) is 9.69 Å². The zero-order valence-corrected chi connectivity index (χ0v) is 12.9. The number of aliphatic carboxylic acids is 1. The van der Waals surface area contributed by atoms with Gasteiger partial charge >= 0.3 is 5.97 Å². The molecule has 0 bridgehead atoms. The molecule has 1 aliphatic rings. The first kappa shape index (κ1) is 14.0. The molecule has 1 N–H and O–H groups in total. The molecule has 5 heteroatoms. The lowest BCUT2D eigenvalue weighted by Gasteiger charge is -2.39. The molecule has 1 fully saturated rings. The summed E-state index contributed by atoms with van der Waals surface area (Å²) in [5, 5.41) is 9.45. The lowest BCUT2D eigenvalue weighted by Crippen LogP contribution is -2.47. The van der Waals surface area contributed by atoms with Gasteiger partial charge in [0.05, 0.1) is 9.20 Å². The van der Waals surface area contributed by atoms with Crippen LogP contribution in [0.3, 0.4) is 0 Å². The summed E-state index contributed by atoms with van der Waals surface area (Å²) in [5.74, 6) is -0.637. The molecule has 0 saturated carbocycles. The molecule has 3 nitrogen and oxygen atoms in total. The Morgan fingerprint density at radius 2 is 2.39 bits per heavy atom. The van der Waals surface area contributed by atoms with Crippen molar-refractivity contribution in [1.82, 2.24) is 4.90 Å². The predicted octanol–water partition coefficient (Wildman–Crippen LogP) is 3.59. The van der Waals surface area contributed by atoms with E-state index >= 15 is 0 Å². The third-order valence-corrected chi connectivity index (χ3v) is 5.40. The van der Waals surface area contributed by atoms with Crippen LogP contribution in [-0.4, -0.2) is 29.1 Å². The van der Waals surface area contributed by atoms with Crippen molar-refractivity contribution in [3.05, 3.63) is 20.8 Å². The van der Waals surface area contributed by atoms with Crippen LogP contribution >= 0.6 is 27.3 Å². The van der Waals surface area contributed by atoms with Gasteiger partial charge < -0.3 is 5.11 Å². The van der Waals surface area contributed by atoms with E-state index in [1.54, 1.807) is 11.3 Å². The fourth-order valence-electron chi connectivity index (χ4n) is 2.63. The molecule has 1 aliphatic heterocycles. The van der Waals surface area contributed by atoms with Crippen LogP contribution in [-0.2, 0) is 11.3 Å². The third kappa shape index (κ3) is 2.95. The number of nitrogens with zero attached hydrogens (tertiary/aromatic N) is 1. The molecule has 0 aromatic carbocycles. The van der Waals surface area contributed by atoms with E-state index in [0.717, 1.165) is 29.7 Å². The zero-order valence-electron chi connectivity index (χ0n) is 10.5. The van der Waals surface area contributed by atoms with Crippen molar-refractivity contribution in [3.8, 4) is 0 Å². The molecule has 1 atom stereocenters. The summed E-state index contributed by atoms with van der Waals surface area (Å²) in [6.45, 7) is 4.53. The van der Waals surface area contributed by atoms with E-state index in [1.807, 2.05) is 13.0 Å². The minimum atomic E-state index is -0.637. The number of carboxylic acid groups (broad SMARTS) is 1. The number of thiophene rings is 1. The first-order chi connectivity index (χ1) is 8.55. The van der Waals surface area contributed by atoms with E-state index in [0.29, 0.717) is 13.0 Å². The highest BCUT2D eigenvalue weighted by Gasteiger charge is 2.40. The number of rotatable bonds is 4. The maximum atomic E-state index is 11.5. The van der Waals surface area contributed by atoms with E-state index in [-0.39, 0.29) is 0 Å². The molecule has 100 valence electrons. The molecule has 0 radical (unpaired) electrons. The van der Waals surface area contributed by atoms with Crippen molar-refractivity contribution >= 4 is 33.2 Å². The van der Waals surface area contributed by atoms with Gasteiger partial charge in [-0.25, -0.2) is 0 Å². The van der Waals surface area contributed by atoms with Gasteiger partial charge in [0.2, 0.25) is 0 Å². The summed E-state index contributed by atoms with van der Waals surface area (Å²) in [6.07, 6.45) is 2.50. The summed E-state index contributed by atoms with van der Waals surface area (Å²) in [7, 11) is 0. The van der Waals surface area contributed by atoms with Gasteiger partial charge in [-0.15, -0.1) is 11.3 Å². The number of carbonyl (C=O) groups is 1. The maximum absolute atomic E-state index is 11.5. The first-order valence-corrected chi connectivity index (χ1v) is 7.87. The average molecular weight is 332 g/mol. The van der Waals surface area contributed by atoms with Crippen LogP contribution in [0.4, 0.5) is 0 Å². The molecule has 18 heavy (non-hydrogen) atoms. The molecule has 1 aromatic heterocycles. The first-order valence-electron chi connectivity index (χ1n) is 6.26. The average Bonchev–Trinajstić information content (AvgIpc) is 2.74. The monoisotopic (exact) mass is 331 g/mol. The molecule has 1 saturated heterocycles. The Bertz CT molecular complexity index is 434. The Kier molecular flexibility index (Phi) is 4.45. The normalized spacial score (nSPS) is 25.2. The molecule has 0 aliphatic carbocycles. The molecule has 2 heterocycles. The standard InChI is InChI=1S/C13H18BrNO2S/c1-2-13(12(16)17)6-3-7-15(9-13)8-10-4-5-11(14)18-10/h4-5H,2-3,6-9H2,1H3,(H,16,17). The summed E-state index contributed by atoms with van der Waals surface area (Å²) >= 11 is 5.19. The van der Waals surface area contributed by atoms with E-state index in [2.05, 4.69) is 26.9 Å². The summed E-state index contributed by atoms with van der Waals surface area (Å²) in [4.78, 5) is 15.0. The third-order valence-electron chi connectivity index (χ3n) is 3.79. The van der Waals surface area contributed by atoms with Crippen molar-refractivity contribution < 1.29 is 9.90 Å². The highest BCUT2D eigenvalue weighted by atomic mass is 79.9. The van der Waals surface area contributed by atoms with Crippen LogP contribution in [0.25, 0.3) is 0 Å². The van der Waals surface area contributed by atoms with Crippen molar-refractivity contribution in [3.63, 3.8) is 0 Å². The predicted molar refractivity (Wildman–Crippen MR) is 76.9 cm³/mol. The van der Waals surface area contributed by atoms with Crippen LogP contribution in [0, 0.1) is 5.41 Å². The number of piperidine rings is 1. The number of likely N-dealkylation sites (tertiary alicyclic amines) is 1. The minimum absolute atomic E-state index is 0.535. The lowest BCUT2D eigenvalue weighted by atomic mass is 9.77. The lowest BCUT2D eigenvalue weighted by molar-refractivity contribution is -0.153. The van der Waals surface area contributed by atoms with Gasteiger partial charge in [0.25, 0.3) is 0 Å². The number of hydrogen-bond donors (Lipinski definition) is 1. The van der Waals surface area contributed by atoms with Gasteiger partial charge in [-0.2, -0.15) is 0 Å². The second kappa shape index (κ2) is 5.72. The summed E-state index contributed by atoms with van der Waals surface area (Å²) in [5.41, 5.74) is -0.535. The quantitative estimate of drug-likeness (QED) is 0.916. The van der Waals surface area contributed by atoms with E-state index in [1.165, 1.54) is 4.88 Å².